The van der Waals surface area contributed by atoms with E-state index in [1.165, 1.54) is 5.56 Å². The molecule has 0 aliphatic heterocycles. The van der Waals surface area contributed by atoms with Crippen molar-refractivity contribution in [2.45, 2.75) is 44.5 Å². The first-order valence-corrected chi connectivity index (χ1v) is 13.7. The van der Waals surface area contributed by atoms with Crippen molar-refractivity contribution in [2.24, 2.45) is 5.41 Å². The summed E-state index contributed by atoms with van der Waals surface area (Å²) >= 11 is 1.55. The van der Waals surface area contributed by atoms with E-state index in [9.17, 15) is 15.0 Å². The molecule has 198 valence electrons. The third-order valence-electron chi connectivity index (χ3n) is 6.37. The Morgan fingerprint density at radius 2 is 1.59 bits per heavy atom. The van der Waals surface area contributed by atoms with E-state index >= 15 is 0 Å². The molecule has 2 aromatic heterocycles. The molecule has 3 aromatic carbocycles. The molecule has 7 nitrogen and oxygen atoms in total. The standard InChI is InChI=1S/C31H30N4O3S/c1-31(2,3)17-25-32-26-27(28(36)33-34-29(26)39-19-21-9-5-4-6-10-21)35(25)18-20-13-15-22(16-14-20)23-11-7-8-12-24(23)30(37)38/h4-16H,17-19H2,1-3H3,(H,33,36)(H,37,38). The number of aromatic hydroxyl groups is 1. The van der Waals surface area contributed by atoms with Crippen LogP contribution in [0.2, 0.25) is 0 Å². The van der Waals surface area contributed by atoms with Gasteiger partial charge in [0.1, 0.15) is 21.9 Å². The fourth-order valence-electron chi connectivity index (χ4n) is 4.56. The Balaban J connectivity index is 1.52. The van der Waals surface area contributed by atoms with Gasteiger partial charge < -0.3 is 14.8 Å². The number of hydrogen-bond acceptors (Lipinski definition) is 6. The normalized spacial score (nSPS) is 11.7. The summed E-state index contributed by atoms with van der Waals surface area (Å²) in [5.41, 5.74) is 5.12. The number of hydrogen-bond donors (Lipinski definition) is 2. The SMILES string of the molecule is CC(C)(C)Cc1nc2c(SCc3ccccc3)nnc(O)c2n1Cc1ccc(-c2ccccc2C(=O)O)cc1. The monoisotopic (exact) mass is 538 g/mol. The van der Waals surface area contributed by atoms with Gasteiger partial charge in [0.15, 0.2) is 0 Å². The van der Waals surface area contributed by atoms with Crippen molar-refractivity contribution in [1.82, 2.24) is 19.7 Å². The smallest absolute Gasteiger partial charge is 0.336 e. The molecule has 0 radical (unpaired) electrons. The van der Waals surface area contributed by atoms with Crippen LogP contribution >= 0.6 is 11.8 Å². The number of imidazole rings is 1. The zero-order valence-electron chi connectivity index (χ0n) is 22.1. The van der Waals surface area contributed by atoms with Crippen LogP contribution in [0.1, 0.15) is 48.1 Å². The minimum absolute atomic E-state index is 0.0304. The van der Waals surface area contributed by atoms with Gasteiger partial charge in [0.05, 0.1) is 5.56 Å². The van der Waals surface area contributed by atoms with Crippen LogP contribution in [0.3, 0.4) is 0 Å². The van der Waals surface area contributed by atoms with E-state index in [2.05, 4.69) is 43.1 Å². The van der Waals surface area contributed by atoms with Gasteiger partial charge in [-0.1, -0.05) is 105 Å². The molecular weight excluding hydrogens is 508 g/mol. The zero-order chi connectivity index (χ0) is 27.6. The third-order valence-corrected chi connectivity index (χ3v) is 7.39. The average Bonchev–Trinajstić information content (AvgIpc) is 3.26. The molecule has 2 heterocycles. The Labute approximate surface area is 231 Å². The lowest BCUT2D eigenvalue weighted by Crippen LogP contribution is -2.15. The summed E-state index contributed by atoms with van der Waals surface area (Å²) in [6.07, 6.45) is 0.702. The van der Waals surface area contributed by atoms with E-state index in [1.807, 2.05) is 59.2 Å². The van der Waals surface area contributed by atoms with E-state index < -0.39 is 5.97 Å². The van der Waals surface area contributed by atoms with Crippen LogP contribution in [0.15, 0.2) is 83.9 Å². The van der Waals surface area contributed by atoms with Crippen molar-refractivity contribution in [3.63, 3.8) is 0 Å². The minimum Gasteiger partial charge on any atom is -0.491 e. The van der Waals surface area contributed by atoms with Crippen molar-refractivity contribution >= 4 is 28.8 Å². The highest BCUT2D eigenvalue weighted by Gasteiger charge is 2.23. The van der Waals surface area contributed by atoms with Crippen molar-refractivity contribution in [1.29, 1.82) is 0 Å². The average molecular weight is 539 g/mol. The van der Waals surface area contributed by atoms with E-state index in [-0.39, 0.29) is 16.9 Å². The van der Waals surface area contributed by atoms with E-state index in [1.54, 1.807) is 23.9 Å². The quantitative estimate of drug-likeness (QED) is 0.209. The molecule has 8 heteroatoms. The second-order valence-corrected chi connectivity index (χ2v) is 11.7. The molecule has 5 rings (SSSR count). The second-order valence-electron chi connectivity index (χ2n) is 10.7. The van der Waals surface area contributed by atoms with Crippen molar-refractivity contribution < 1.29 is 15.0 Å². The number of carbonyl (C=O) groups is 1. The summed E-state index contributed by atoms with van der Waals surface area (Å²) in [4.78, 5) is 16.7. The molecule has 5 aromatic rings. The number of aromatic nitrogens is 4. The van der Waals surface area contributed by atoms with Gasteiger partial charge in [0.2, 0.25) is 0 Å². The maximum absolute atomic E-state index is 11.7. The minimum atomic E-state index is -0.955. The molecule has 0 bridgehead atoms. The van der Waals surface area contributed by atoms with Crippen LogP contribution in [0, 0.1) is 5.41 Å². The third kappa shape index (κ3) is 5.96. The summed E-state index contributed by atoms with van der Waals surface area (Å²) in [5, 5.41) is 29.5. The number of benzene rings is 3. The Kier molecular flexibility index (Phi) is 7.39. The highest BCUT2D eigenvalue weighted by molar-refractivity contribution is 7.98. The van der Waals surface area contributed by atoms with Crippen LogP contribution in [-0.2, 0) is 18.7 Å². The number of carboxylic acids is 1. The molecular formula is C31H30N4O3S. The van der Waals surface area contributed by atoms with Gasteiger partial charge in [-0.25, -0.2) is 9.78 Å². The Bertz CT molecular complexity index is 1620. The number of aromatic carboxylic acids is 1. The Hall–Kier alpha value is -4.17. The lowest BCUT2D eigenvalue weighted by Gasteiger charge is -2.19. The van der Waals surface area contributed by atoms with Crippen LogP contribution in [0.4, 0.5) is 0 Å². The maximum Gasteiger partial charge on any atom is 0.336 e. The summed E-state index contributed by atoms with van der Waals surface area (Å²) in [5.74, 6) is 0.470. The molecule has 0 aliphatic rings. The molecule has 0 fully saturated rings. The topological polar surface area (TPSA) is 101 Å². The lowest BCUT2D eigenvalue weighted by atomic mass is 9.92. The van der Waals surface area contributed by atoms with Crippen LogP contribution in [0.25, 0.3) is 22.2 Å². The highest BCUT2D eigenvalue weighted by Crippen LogP contribution is 2.34. The molecule has 0 saturated heterocycles. The van der Waals surface area contributed by atoms with Crippen LogP contribution in [0.5, 0.6) is 5.88 Å². The number of thioether (sulfide) groups is 1. The molecule has 2 N–H and O–H groups in total. The van der Waals surface area contributed by atoms with Crippen molar-refractivity contribution in [3.8, 4) is 17.0 Å². The van der Waals surface area contributed by atoms with Gasteiger partial charge in [-0.05, 0) is 33.7 Å². The highest BCUT2D eigenvalue weighted by atomic mass is 32.2. The second kappa shape index (κ2) is 10.9. The lowest BCUT2D eigenvalue weighted by molar-refractivity contribution is 0.0697. The first-order valence-electron chi connectivity index (χ1n) is 12.7. The first-order chi connectivity index (χ1) is 18.7. The predicted octanol–water partition coefficient (Wildman–Crippen LogP) is 6.83. The van der Waals surface area contributed by atoms with Crippen molar-refractivity contribution in [2.75, 3.05) is 0 Å². The van der Waals surface area contributed by atoms with E-state index in [0.717, 1.165) is 22.7 Å². The number of carboxylic acid groups (broad SMARTS) is 1. The van der Waals surface area contributed by atoms with Gasteiger partial charge in [-0.3, -0.25) is 0 Å². The molecule has 0 aliphatic carbocycles. The van der Waals surface area contributed by atoms with Gasteiger partial charge >= 0.3 is 5.97 Å². The molecule has 39 heavy (non-hydrogen) atoms. The number of fused-ring (bicyclic) bond motifs is 1. The molecule has 0 saturated carbocycles. The largest absolute Gasteiger partial charge is 0.491 e. The van der Waals surface area contributed by atoms with Crippen LogP contribution < -0.4 is 0 Å². The molecule has 0 spiro atoms. The van der Waals surface area contributed by atoms with Gasteiger partial charge in [0, 0.05) is 18.7 Å². The fraction of sp³-hybridized carbons (Fsp3) is 0.226. The maximum atomic E-state index is 11.7. The van der Waals surface area contributed by atoms with Gasteiger partial charge in [0.25, 0.3) is 5.88 Å². The van der Waals surface area contributed by atoms with Gasteiger partial charge in [-0.2, -0.15) is 0 Å². The zero-order valence-corrected chi connectivity index (χ0v) is 22.9. The Morgan fingerprint density at radius 1 is 0.897 bits per heavy atom. The summed E-state index contributed by atoms with van der Waals surface area (Å²) in [6, 6.07) is 25.0. The summed E-state index contributed by atoms with van der Waals surface area (Å²) in [7, 11) is 0. The molecule has 0 amide bonds. The van der Waals surface area contributed by atoms with E-state index in [4.69, 9.17) is 4.98 Å². The molecule has 0 unspecified atom stereocenters. The first kappa shape index (κ1) is 26.4. The summed E-state index contributed by atoms with van der Waals surface area (Å²) in [6.45, 7) is 6.96. The van der Waals surface area contributed by atoms with Crippen molar-refractivity contribution in [3.05, 3.63) is 101 Å². The van der Waals surface area contributed by atoms with E-state index in [0.29, 0.717) is 34.6 Å². The fourth-order valence-corrected chi connectivity index (χ4v) is 5.43. The Morgan fingerprint density at radius 3 is 2.28 bits per heavy atom. The summed E-state index contributed by atoms with van der Waals surface area (Å²) < 4.78 is 2.03. The number of rotatable bonds is 8. The van der Waals surface area contributed by atoms with Crippen LogP contribution in [-0.4, -0.2) is 35.9 Å². The number of nitrogens with zero attached hydrogens (tertiary/aromatic N) is 4. The van der Waals surface area contributed by atoms with Gasteiger partial charge in [-0.15, -0.1) is 10.2 Å². The molecule has 0 atom stereocenters. The predicted molar refractivity (Wildman–Crippen MR) is 154 cm³/mol.